The summed E-state index contributed by atoms with van der Waals surface area (Å²) in [5.41, 5.74) is 1.36. The molecule has 5 nitrogen and oxygen atoms in total. The number of oxazole rings is 1. The van der Waals surface area contributed by atoms with Crippen molar-refractivity contribution in [3.05, 3.63) is 54.2 Å². The highest BCUT2D eigenvalue weighted by molar-refractivity contribution is 5.99. The Kier molecular flexibility index (Phi) is 3.33. The number of Topliss-reactive ketones (excluding diaryl/α,β-unsaturated/α-hetero) is 1. The molecule has 0 saturated carbocycles. The minimum absolute atomic E-state index is 0.00991. The first-order valence-corrected chi connectivity index (χ1v) is 6.48. The number of nitrogens with zero attached hydrogens (tertiary/aromatic N) is 2. The molecular formula is C15H14N2O3. The number of hydrogen-bond acceptors (Lipinski definition) is 4. The average Bonchev–Trinajstić information content (AvgIpc) is 3.10. The molecule has 1 aliphatic rings. The lowest BCUT2D eigenvalue weighted by Gasteiger charge is -2.16. The fourth-order valence-corrected chi connectivity index (χ4v) is 2.45. The van der Waals surface area contributed by atoms with Crippen molar-refractivity contribution in [2.45, 2.75) is 13.0 Å². The predicted octanol–water partition coefficient (Wildman–Crippen LogP) is 1.91. The van der Waals surface area contributed by atoms with Gasteiger partial charge in [-0.2, -0.15) is 0 Å². The number of amides is 1. The van der Waals surface area contributed by atoms with Crippen LogP contribution in [0.25, 0.3) is 0 Å². The topological polar surface area (TPSA) is 63.4 Å². The molecule has 20 heavy (non-hydrogen) atoms. The van der Waals surface area contributed by atoms with Crippen LogP contribution in [0.2, 0.25) is 0 Å². The quantitative estimate of drug-likeness (QED) is 0.796. The molecule has 1 aromatic heterocycles. The standard InChI is InChI=1S/C15H14N2O3/c18-14-6-12(15(19)13-9-20-10-16-13)8-17(14)7-11-4-2-1-3-5-11/h1-5,9-10,12H,6-8H2. The van der Waals surface area contributed by atoms with Crippen LogP contribution >= 0.6 is 0 Å². The number of carbonyl (C=O) groups is 2. The third-order valence-corrected chi connectivity index (χ3v) is 3.49. The molecule has 1 fully saturated rings. The molecular weight excluding hydrogens is 256 g/mol. The van der Waals surface area contributed by atoms with Crippen LogP contribution in [0, 0.1) is 5.92 Å². The van der Waals surface area contributed by atoms with Gasteiger partial charge in [0.05, 0.1) is 5.92 Å². The fourth-order valence-electron chi connectivity index (χ4n) is 2.45. The largest absolute Gasteiger partial charge is 0.451 e. The molecule has 2 heterocycles. The van der Waals surface area contributed by atoms with Crippen LogP contribution < -0.4 is 0 Å². The Bertz CT molecular complexity index is 607. The zero-order chi connectivity index (χ0) is 13.9. The molecule has 5 heteroatoms. The summed E-state index contributed by atoms with van der Waals surface area (Å²) < 4.78 is 4.81. The molecule has 0 aliphatic carbocycles. The Hall–Kier alpha value is -2.43. The van der Waals surface area contributed by atoms with Gasteiger partial charge in [0.2, 0.25) is 5.91 Å². The van der Waals surface area contributed by atoms with Crippen LogP contribution in [0.15, 0.2) is 47.4 Å². The first-order valence-electron chi connectivity index (χ1n) is 6.48. The number of ketones is 1. The predicted molar refractivity (Wildman–Crippen MR) is 70.8 cm³/mol. The summed E-state index contributed by atoms with van der Waals surface area (Å²) >= 11 is 0. The highest BCUT2D eigenvalue weighted by Crippen LogP contribution is 2.23. The van der Waals surface area contributed by atoms with Gasteiger partial charge in [-0.3, -0.25) is 9.59 Å². The SMILES string of the molecule is O=C(c1cocn1)C1CC(=O)N(Cc2ccccc2)C1. The molecule has 0 spiro atoms. The summed E-state index contributed by atoms with van der Waals surface area (Å²) in [5, 5.41) is 0. The second-order valence-electron chi connectivity index (χ2n) is 4.90. The van der Waals surface area contributed by atoms with Crippen molar-refractivity contribution in [3.63, 3.8) is 0 Å². The van der Waals surface area contributed by atoms with Gasteiger partial charge in [0.1, 0.15) is 12.0 Å². The fraction of sp³-hybridized carbons (Fsp3) is 0.267. The van der Waals surface area contributed by atoms with Crippen molar-refractivity contribution < 1.29 is 14.0 Å². The van der Waals surface area contributed by atoms with E-state index in [1.54, 1.807) is 4.90 Å². The van der Waals surface area contributed by atoms with E-state index in [9.17, 15) is 9.59 Å². The van der Waals surface area contributed by atoms with Crippen molar-refractivity contribution in [3.8, 4) is 0 Å². The zero-order valence-electron chi connectivity index (χ0n) is 10.9. The van der Waals surface area contributed by atoms with E-state index in [2.05, 4.69) is 4.98 Å². The number of benzene rings is 1. The summed E-state index contributed by atoms with van der Waals surface area (Å²) in [7, 11) is 0. The lowest BCUT2D eigenvalue weighted by molar-refractivity contribution is -0.128. The minimum Gasteiger partial charge on any atom is -0.451 e. The molecule has 1 atom stereocenters. The number of likely N-dealkylation sites (tertiary alicyclic amines) is 1. The highest BCUT2D eigenvalue weighted by atomic mass is 16.3. The van der Waals surface area contributed by atoms with Gasteiger partial charge in [-0.15, -0.1) is 0 Å². The van der Waals surface area contributed by atoms with Gasteiger partial charge in [-0.1, -0.05) is 30.3 Å². The lowest BCUT2D eigenvalue weighted by atomic mass is 10.0. The van der Waals surface area contributed by atoms with Crippen molar-refractivity contribution in [1.82, 2.24) is 9.88 Å². The molecule has 2 aromatic rings. The van der Waals surface area contributed by atoms with E-state index in [1.807, 2.05) is 30.3 Å². The Labute approximate surface area is 116 Å². The van der Waals surface area contributed by atoms with Crippen LogP contribution in [0.3, 0.4) is 0 Å². The molecule has 102 valence electrons. The maximum Gasteiger partial charge on any atom is 0.223 e. The Morgan fingerprint density at radius 2 is 2.15 bits per heavy atom. The van der Waals surface area contributed by atoms with E-state index in [0.717, 1.165) is 5.56 Å². The van der Waals surface area contributed by atoms with Gasteiger partial charge < -0.3 is 9.32 Å². The van der Waals surface area contributed by atoms with Crippen molar-refractivity contribution >= 4 is 11.7 Å². The monoisotopic (exact) mass is 270 g/mol. The van der Waals surface area contributed by atoms with E-state index < -0.39 is 0 Å². The minimum atomic E-state index is -0.323. The Morgan fingerprint density at radius 1 is 1.35 bits per heavy atom. The average molecular weight is 270 g/mol. The second-order valence-corrected chi connectivity index (χ2v) is 4.90. The summed E-state index contributed by atoms with van der Waals surface area (Å²) in [5.74, 6) is -0.435. The maximum absolute atomic E-state index is 12.2. The third kappa shape index (κ3) is 2.47. The van der Waals surface area contributed by atoms with Gasteiger partial charge in [0.25, 0.3) is 0 Å². The first-order chi connectivity index (χ1) is 9.74. The smallest absolute Gasteiger partial charge is 0.223 e. The van der Waals surface area contributed by atoms with Gasteiger partial charge in [-0.25, -0.2) is 4.98 Å². The molecule has 0 radical (unpaired) electrons. The van der Waals surface area contributed by atoms with Gasteiger partial charge in [0, 0.05) is 19.5 Å². The van der Waals surface area contributed by atoms with E-state index in [4.69, 9.17) is 4.42 Å². The number of carbonyl (C=O) groups excluding carboxylic acids is 2. The summed E-state index contributed by atoms with van der Waals surface area (Å²) in [6, 6.07) is 9.76. The van der Waals surface area contributed by atoms with E-state index in [0.29, 0.717) is 18.8 Å². The normalized spacial score (nSPS) is 18.5. The molecule has 1 saturated heterocycles. The third-order valence-electron chi connectivity index (χ3n) is 3.49. The molecule has 0 bridgehead atoms. The molecule has 1 aliphatic heterocycles. The maximum atomic E-state index is 12.2. The molecule has 1 aromatic carbocycles. The van der Waals surface area contributed by atoms with E-state index in [-0.39, 0.29) is 24.0 Å². The highest BCUT2D eigenvalue weighted by Gasteiger charge is 2.35. The van der Waals surface area contributed by atoms with Gasteiger partial charge in [-0.05, 0) is 5.56 Å². The van der Waals surface area contributed by atoms with E-state index >= 15 is 0 Å². The van der Waals surface area contributed by atoms with Crippen LogP contribution in [-0.4, -0.2) is 28.1 Å². The lowest BCUT2D eigenvalue weighted by Crippen LogP contribution is -2.25. The molecule has 0 N–H and O–H groups in total. The van der Waals surface area contributed by atoms with Crippen LogP contribution in [-0.2, 0) is 11.3 Å². The van der Waals surface area contributed by atoms with Crippen LogP contribution in [0.1, 0.15) is 22.5 Å². The number of rotatable bonds is 4. The number of aromatic nitrogens is 1. The number of hydrogen-bond donors (Lipinski definition) is 0. The summed E-state index contributed by atoms with van der Waals surface area (Å²) in [6.07, 6.45) is 2.80. The second kappa shape index (κ2) is 5.28. The zero-order valence-corrected chi connectivity index (χ0v) is 10.9. The van der Waals surface area contributed by atoms with Crippen LogP contribution in [0.4, 0.5) is 0 Å². The summed E-state index contributed by atoms with van der Waals surface area (Å²) in [6.45, 7) is 0.988. The Morgan fingerprint density at radius 3 is 2.85 bits per heavy atom. The van der Waals surface area contributed by atoms with Crippen molar-refractivity contribution in [1.29, 1.82) is 0 Å². The van der Waals surface area contributed by atoms with Crippen molar-refractivity contribution in [2.75, 3.05) is 6.54 Å². The van der Waals surface area contributed by atoms with Gasteiger partial charge in [0.15, 0.2) is 12.2 Å². The van der Waals surface area contributed by atoms with E-state index in [1.165, 1.54) is 12.7 Å². The van der Waals surface area contributed by atoms with Gasteiger partial charge >= 0.3 is 0 Å². The summed E-state index contributed by atoms with van der Waals surface area (Å²) in [4.78, 5) is 29.7. The van der Waals surface area contributed by atoms with Crippen LogP contribution in [0.5, 0.6) is 0 Å². The first kappa shape index (κ1) is 12.6. The Balaban J connectivity index is 1.68. The molecule has 1 amide bonds. The molecule has 1 unspecified atom stereocenters. The van der Waals surface area contributed by atoms with Crippen molar-refractivity contribution in [2.24, 2.45) is 5.92 Å². The molecule has 3 rings (SSSR count).